The van der Waals surface area contributed by atoms with E-state index in [4.69, 9.17) is 16.3 Å². The molecule has 8 nitrogen and oxygen atoms in total. The smallest absolute Gasteiger partial charge is 0.307 e. The summed E-state index contributed by atoms with van der Waals surface area (Å²) in [5, 5.41) is 8.79. The molecule has 2 aromatic heterocycles. The van der Waals surface area contributed by atoms with Crippen LogP contribution in [-0.2, 0) is 9.53 Å². The van der Waals surface area contributed by atoms with Gasteiger partial charge in [0.25, 0.3) is 11.1 Å². The molecule has 3 N–H and O–H groups in total. The van der Waals surface area contributed by atoms with Crippen LogP contribution in [0.15, 0.2) is 27.8 Å². The molecule has 0 amide bonds. The molecule has 0 fully saturated rings. The standard InChI is InChI=1S/C16H15ClN4O4/c1-2-25-11(22)5-6-18-13-9-4-3-8(17)7-10(9)19-14-12(13)15(23)20-21-16(14)24/h3-4,7H,2,5-6H2,1H3,(H,18,19)(H,20,23)(H,21,24). The number of anilines is 1. The van der Waals surface area contributed by atoms with Gasteiger partial charge in [0.05, 0.1) is 29.6 Å². The lowest BCUT2D eigenvalue weighted by molar-refractivity contribution is -0.142. The Balaban J connectivity index is 2.15. The quantitative estimate of drug-likeness (QED) is 0.470. The van der Waals surface area contributed by atoms with E-state index in [2.05, 4.69) is 20.5 Å². The number of nitrogens with one attached hydrogen (secondary N) is 3. The summed E-state index contributed by atoms with van der Waals surface area (Å²) < 4.78 is 4.88. The minimum absolute atomic E-state index is 0.00264. The van der Waals surface area contributed by atoms with Crippen molar-refractivity contribution in [1.82, 2.24) is 15.2 Å². The van der Waals surface area contributed by atoms with Crippen molar-refractivity contribution >= 4 is 45.1 Å². The van der Waals surface area contributed by atoms with Crippen molar-refractivity contribution in [1.29, 1.82) is 0 Å². The van der Waals surface area contributed by atoms with E-state index in [1.54, 1.807) is 25.1 Å². The summed E-state index contributed by atoms with van der Waals surface area (Å²) in [6.45, 7) is 2.26. The van der Waals surface area contributed by atoms with E-state index in [1.165, 1.54) is 0 Å². The van der Waals surface area contributed by atoms with Gasteiger partial charge in [-0.05, 0) is 25.1 Å². The Morgan fingerprint density at radius 3 is 2.80 bits per heavy atom. The number of halogens is 1. The number of hydrogen-bond donors (Lipinski definition) is 3. The Morgan fingerprint density at radius 1 is 1.28 bits per heavy atom. The molecule has 3 rings (SSSR count). The largest absolute Gasteiger partial charge is 0.466 e. The van der Waals surface area contributed by atoms with Gasteiger partial charge in [-0.1, -0.05) is 11.6 Å². The summed E-state index contributed by atoms with van der Waals surface area (Å²) in [6.07, 6.45) is 0.119. The summed E-state index contributed by atoms with van der Waals surface area (Å²) in [7, 11) is 0. The molecule has 0 spiro atoms. The molecule has 1 aromatic carbocycles. The van der Waals surface area contributed by atoms with Crippen LogP contribution in [0.3, 0.4) is 0 Å². The zero-order chi connectivity index (χ0) is 18.0. The minimum Gasteiger partial charge on any atom is -0.466 e. The second kappa shape index (κ2) is 6.94. The van der Waals surface area contributed by atoms with Crippen molar-refractivity contribution in [2.24, 2.45) is 0 Å². The van der Waals surface area contributed by atoms with Crippen LogP contribution >= 0.6 is 11.6 Å². The van der Waals surface area contributed by atoms with E-state index < -0.39 is 11.1 Å². The molecular formula is C16H15ClN4O4. The van der Waals surface area contributed by atoms with Gasteiger partial charge in [0.15, 0.2) is 0 Å². The lowest BCUT2D eigenvalue weighted by atomic mass is 10.1. The van der Waals surface area contributed by atoms with E-state index in [0.717, 1.165) is 0 Å². The molecule has 25 heavy (non-hydrogen) atoms. The fourth-order valence-corrected chi connectivity index (χ4v) is 2.73. The van der Waals surface area contributed by atoms with Gasteiger partial charge in [-0.15, -0.1) is 0 Å². The number of fused-ring (bicyclic) bond motifs is 2. The van der Waals surface area contributed by atoms with Crippen molar-refractivity contribution < 1.29 is 9.53 Å². The number of ether oxygens (including phenoxy) is 1. The number of aromatic nitrogens is 3. The molecule has 0 saturated heterocycles. The van der Waals surface area contributed by atoms with Crippen LogP contribution in [-0.4, -0.2) is 34.3 Å². The molecule has 0 bridgehead atoms. The maximum Gasteiger partial charge on any atom is 0.307 e. The number of pyridine rings is 1. The normalized spacial score (nSPS) is 11.0. The predicted molar refractivity (Wildman–Crippen MR) is 95.2 cm³/mol. The molecule has 0 aliphatic rings. The average Bonchev–Trinajstić information content (AvgIpc) is 2.57. The molecule has 0 aliphatic carbocycles. The molecule has 0 atom stereocenters. The fourth-order valence-electron chi connectivity index (χ4n) is 2.57. The molecular weight excluding hydrogens is 348 g/mol. The molecule has 0 saturated carbocycles. The highest BCUT2D eigenvalue weighted by molar-refractivity contribution is 6.31. The van der Waals surface area contributed by atoms with Gasteiger partial charge < -0.3 is 10.1 Å². The number of benzene rings is 1. The van der Waals surface area contributed by atoms with Crippen molar-refractivity contribution in [2.45, 2.75) is 13.3 Å². The zero-order valence-electron chi connectivity index (χ0n) is 13.3. The Labute approximate surface area is 146 Å². The first-order valence-electron chi connectivity index (χ1n) is 7.64. The van der Waals surface area contributed by atoms with Gasteiger partial charge >= 0.3 is 5.97 Å². The number of H-pyrrole nitrogens is 2. The Kier molecular flexibility index (Phi) is 4.71. The number of carbonyl (C=O) groups excluding carboxylic acids is 1. The second-order valence-corrected chi connectivity index (χ2v) is 5.70. The average molecular weight is 363 g/mol. The third kappa shape index (κ3) is 3.34. The molecule has 9 heteroatoms. The highest BCUT2D eigenvalue weighted by atomic mass is 35.5. The summed E-state index contributed by atoms with van der Waals surface area (Å²) in [4.78, 5) is 40.1. The molecule has 130 valence electrons. The summed E-state index contributed by atoms with van der Waals surface area (Å²) in [5.74, 6) is -0.354. The Hall–Kier alpha value is -2.87. The molecule has 0 radical (unpaired) electrons. The van der Waals surface area contributed by atoms with Crippen molar-refractivity contribution in [2.75, 3.05) is 18.5 Å². The van der Waals surface area contributed by atoms with Crippen LogP contribution in [0.5, 0.6) is 0 Å². The van der Waals surface area contributed by atoms with Gasteiger partial charge in [0, 0.05) is 17.0 Å². The van der Waals surface area contributed by atoms with Crippen molar-refractivity contribution in [3.8, 4) is 0 Å². The zero-order valence-corrected chi connectivity index (χ0v) is 14.1. The lowest BCUT2D eigenvalue weighted by Gasteiger charge is -2.12. The molecule has 0 aliphatic heterocycles. The number of carbonyl (C=O) groups is 1. The first-order chi connectivity index (χ1) is 12.0. The highest BCUT2D eigenvalue weighted by Crippen LogP contribution is 2.29. The van der Waals surface area contributed by atoms with Crippen LogP contribution in [0.2, 0.25) is 5.02 Å². The van der Waals surface area contributed by atoms with E-state index in [1.807, 2.05) is 0 Å². The van der Waals surface area contributed by atoms with Crippen molar-refractivity contribution in [3.63, 3.8) is 0 Å². The SMILES string of the molecule is CCOC(=O)CCNc1c2ccc(Cl)cc2nc2c(=O)[nH][nH]c(=O)c12. The predicted octanol–water partition coefficient (Wildman–Crippen LogP) is 1.78. The summed E-state index contributed by atoms with van der Waals surface area (Å²) in [5.41, 5.74) is -0.122. The van der Waals surface area contributed by atoms with Crippen molar-refractivity contribution in [3.05, 3.63) is 43.9 Å². The number of hydrogen-bond acceptors (Lipinski definition) is 6. The van der Waals surface area contributed by atoms with Gasteiger partial charge in [-0.25, -0.2) is 4.98 Å². The third-order valence-electron chi connectivity index (χ3n) is 3.62. The van der Waals surface area contributed by atoms with E-state index in [9.17, 15) is 14.4 Å². The fraction of sp³-hybridized carbons (Fsp3) is 0.250. The maximum atomic E-state index is 12.2. The third-order valence-corrected chi connectivity index (χ3v) is 3.85. The van der Waals surface area contributed by atoms with Crippen LogP contribution in [0.4, 0.5) is 5.69 Å². The van der Waals surface area contributed by atoms with E-state index in [0.29, 0.717) is 28.2 Å². The topological polar surface area (TPSA) is 117 Å². The van der Waals surface area contributed by atoms with E-state index in [-0.39, 0.29) is 29.8 Å². The lowest BCUT2D eigenvalue weighted by Crippen LogP contribution is -2.22. The first kappa shape index (κ1) is 17.0. The van der Waals surface area contributed by atoms with Gasteiger partial charge in [0.1, 0.15) is 5.52 Å². The molecule has 2 heterocycles. The summed E-state index contributed by atoms with van der Waals surface area (Å²) in [6, 6.07) is 4.97. The van der Waals surface area contributed by atoms with Crippen LogP contribution in [0, 0.1) is 0 Å². The van der Waals surface area contributed by atoms with Crippen LogP contribution < -0.4 is 16.4 Å². The monoisotopic (exact) mass is 362 g/mol. The number of aromatic amines is 2. The van der Waals surface area contributed by atoms with Gasteiger partial charge in [-0.2, -0.15) is 0 Å². The summed E-state index contributed by atoms with van der Waals surface area (Å²) >= 11 is 6.00. The first-order valence-corrected chi connectivity index (χ1v) is 8.02. The highest BCUT2D eigenvalue weighted by Gasteiger charge is 2.15. The Morgan fingerprint density at radius 2 is 2.04 bits per heavy atom. The van der Waals surface area contributed by atoms with Gasteiger partial charge in [0.2, 0.25) is 0 Å². The number of esters is 1. The Bertz CT molecular complexity index is 1070. The van der Waals surface area contributed by atoms with Crippen LogP contribution in [0.25, 0.3) is 21.8 Å². The number of rotatable bonds is 5. The van der Waals surface area contributed by atoms with Gasteiger partial charge in [-0.3, -0.25) is 24.6 Å². The minimum atomic E-state index is -0.523. The molecule has 0 unspecified atom stereocenters. The molecule has 3 aromatic rings. The van der Waals surface area contributed by atoms with Crippen LogP contribution in [0.1, 0.15) is 13.3 Å². The number of nitrogens with zero attached hydrogens (tertiary/aromatic N) is 1. The maximum absolute atomic E-state index is 12.2. The second-order valence-electron chi connectivity index (χ2n) is 5.26. The van der Waals surface area contributed by atoms with E-state index >= 15 is 0 Å².